The maximum Gasteiger partial charge on any atom is 0.339 e. The van der Waals surface area contributed by atoms with Crippen molar-refractivity contribution in [3.8, 4) is 11.1 Å². The summed E-state index contributed by atoms with van der Waals surface area (Å²) in [6, 6.07) is 30.3. The van der Waals surface area contributed by atoms with Crippen molar-refractivity contribution < 1.29 is 9.53 Å². The number of methoxy groups -OCH3 is 1. The van der Waals surface area contributed by atoms with Crippen LogP contribution in [0.2, 0.25) is 0 Å². The van der Waals surface area contributed by atoms with Gasteiger partial charge in [-0.05, 0) is 52.2 Å². The second kappa shape index (κ2) is 7.34. The maximum absolute atomic E-state index is 12.0. The van der Waals surface area contributed by atoms with Crippen molar-refractivity contribution in [1.82, 2.24) is 0 Å². The molecular weight excluding hydrogens is 334 g/mol. The van der Waals surface area contributed by atoms with E-state index in [0.717, 1.165) is 22.5 Å². The summed E-state index contributed by atoms with van der Waals surface area (Å²) in [6.45, 7) is 0. The van der Waals surface area contributed by atoms with Crippen LogP contribution in [-0.4, -0.2) is 13.1 Å². The molecule has 0 atom stereocenters. The molecule has 0 saturated heterocycles. The first kappa shape index (κ1) is 16.9. The Labute approximate surface area is 158 Å². The number of fused-ring (bicyclic) bond motifs is 1. The summed E-state index contributed by atoms with van der Waals surface area (Å²) < 4.78 is 4.87. The average Bonchev–Trinajstić information content (AvgIpc) is 2.73. The Morgan fingerprint density at radius 1 is 0.741 bits per heavy atom. The van der Waals surface area contributed by atoms with Crippen molar-refractivity contribution in [3.05, 3.63) is 96.6 Å². The number of esters is 1. The topological polar surface area (TPSA) is 38.3 Å². The van der Waals surface area contributed by atoms with Crippen LogP contribution in [0.3, 0.4) is 0 Å². The van der Waals surface area contributed by atoms with Crippen LogP contribution < -0.4 is 5.32 Å². The monoisotopic (exact) mass is 353 g/mol. The Morgan fingerprint density at radius 2 is 1.48 bits per heavy atom. The van der Waals surface area contributed by atoms with Gasteiger partial charge < -0.3 is 10.1 Å². The van der Waals surface area contributed by atoms with Crippen LogP contribution in [0.4, 0.5) is 11.4 Å². The standard InChI is InChI=1S/C24H19NO2/c1-27-24(26)22-11-4-5-12-23(22)25-21-10-6-9-19(16-21)20-14-13-17-7-2-3-8-18(17)15-20/h2-16,25H,1H3. The molecule has 0 fully saturated rings. The van der Waals surface area contributed by atoms with E-state index in [4.69, 9.17) is 4.74 Å². The first-order valence-electron chi connectivity index (χ1n) is 8.78. The summed E-state index contributed by atoms with van der Waals surface area (Å²) in [5, 5.41) is 5.77. The average molecular weight is 353 g/mol. The van der Waals surface area contributed by atoms with Gasteiger partial charge in [0.15, 0.2) is 0 Å². The highest BCUT2D eigenvalue weighted by atomic mass is 16.5. The molecule has 0 spiro atoms. The van der Waals surface area contributed by atoms with Crippen molar-refractivity contribution in [1.29, 1.82) is 0 Å². The molecular formula is C24H19NO2. The lowest BCUT2D eigenvalue weighted by Crippen LogP contribution is -2.05. The largest absolute Gasteiger partial charge is 0.465 e. The number of nitrogens with one attached hydrogen (secondary N) is 1. The number of rotatable bonds is 4. The minimum absolute atomic E-state index is 0.358. The molecule has 0 aliphatic carbocycles. The zero-order chi connectivity index (χ0) is 18.6. The SMILES string of the molecule is COC(=O)c1ccccc1Nc1cccc(-c2ccc3ccccc3c2)c1. The summed E-state index contributed by atoms with van der Waals surface area (Å²) >= 11 is 0. The molecule has 0 heterocycles. The molecule has 0 radical (unpaired) electrons. The first-order chi connectivity index (χ1) is 13.2. The Bertz CT molecular complexity index is 1120. The molecule has 132 valence electrons. The third kappa shape index (κ3) is 3.53. The van der Waals surface area contributed by atoms with Gasteiger partial charge in [-0.15, -0.1) is 0 Å². The van der Waals surface area contributed by atoms with Crippen LogP contribution in [-0.2, 0) is 4.74 Å². The number of hydrogen-bond acceptors (Lipinski definition) is 3. The van der Waals surface area contributed by atoms with Crippen molar-refractivity contribution in [3.63, 3.8) is 0 Å². The number of carbonyl (C=O) groups is 1. The Morgan fingerprint density at radius 3 is 2.33 bits per heavy atom. The van der Waals surface area contributed by atoms with E-state index in [2.05, 4.69) is 47.8 Å². The Balaban J connectivity index is 1.68. The van der Waals surface area contributed by atoms with Crippen molar-refractivity contribution in [2.24, 2.45) is 0 Å². The van der Waals surface area contributed by atoms with E-state index in [0.29, 0.717) is 5.56 Å². The minimum Gasteiger partial charge on any atom is -0.465 e. The molecule has 0 saturated carbocycles. The second-order valence-electron chi connectivity index (χ2n) is 6.30. The van der Waals surface area contributed by atoms with Gasteiger partial charge in [-0.1, -0.05) is 60.7 Å². The van der Waals surface area contributed by atoms with Crippen LogP contribution in [0.5, 0.6) is 0 Å². The van der Waals surface area contributed by atoms with Crippen LogP contribution in [0.15, 0.2) is 91.0 Å². The highest BCUT2D eigenvalue weighted by Crippen LogP contribution is 2.28. The summed E-state index contributed by atoms with van der Waals surface area (Å²) in [7, 11) is 1.39. The quantitative estimate of drug-likeness (QED) is 0.455. The molecule has 1 N–H and O–H groups in total. The maximum atomic E-state index is 12.0. The third-order valence-electron chi connectivity index (χ3n) is 4.56. The Hall–Kier alpha value is -3.59. The van der Waals surface area contributed by atoms with E-state index in [9.17, 15) is 4.79 Å². The van der Waals surface area contributed by atoms with Gasteiger partial charge >= 0.3 is 5.97 Å². The van der Waals surface area contributed by atoms with Gasteiger partial charge in [-0.3, -0.25) is 0 Å². The van der Waals surface area contributed by atoms with E-state index < -0.39 is 0 Å². The number of carbonyl (C=O) groups excluding carboxylic acids is 1. The third-order valence-corrected chi connectivity index (χ3v) is 4.56. The fourth-order valence-corrected chi connectivity index (χ4v) is 3.18. The molecule has 0 aromatic heterocycles. The van der Waals surface area contributed by atoms with Crippen LogP contribution >= 0.6 is 0 Å². The predicted octanol–water partition coefficient (Wildman–Crippen LogP) is 6.04. The number of para-hydroxylation sites is 1. The molecule has 3 nitrogen and oxygen atoms in total. The molecule has 4 aromatic carbocycles. The van der Waals surface area contributed by atoms with E-state index >= 15 is 0 Å². The zero-order valence-corrected chi connectivity index (χ0v) is 15.0. The summed E-state index contributed by atoms with van der Waals surface area (Å²) in [5.41, 5.74) is 4.41. The molecule has 0 unspecified atom stereocenters. The highest BCUT2D eigenvalue weighted by Gasteiger charge is 2.11. The van der Waals surface area contributed by atoms with Crippen molar-refractivity contribution >= 4 is 28.1 Å². The summed E-state index contributed by atoms with van der Waals surface area (Å²) in [4.78, 5) is 12.0. The fraction of sp³-hybridized carbons (Fsp3) is 0.0417. The number of ether oxygens (including phenoxy) is 1. The smallest absolute Gasteiger partial charge is 0.339 e. The molecule has 0 aliphatic rings. The van der Waals surface area contributed by atoms with Crippen molar-refractivity contribution in [2.75, 3.05) is 12.4 Å². The van der Waals surface area contributed by atoms with Gasteiger partial charge in [0.25, 0.3) is 0 Å². The van der Waals surface area contributed by atoms with E-state index in [1.807, 2.05) is 42.5 Å². The zero-order valence-electron chi connectivity index (χ0n) is 15.0. The van der Waals surface area contributed by atoms with Gasteiger partial charge in [-0.2, -0.15) is 0 Å². The second-order valence-corrected chi connectivity index (χ2v) is 6.30. The lowest BCUT2D eigenvalue weighted by Gasteiger charge is -2.12. The fourth-order valence-electron chi connectivity index (χ4n) is 3.18. The normalized spacial score (nSPS) is 10.6. The van der Waals surface area contributed by atoms with Crippen LogP contribution in [0.25, 0.3) is 21.9 Å². The predicted molar refractivity (Wildman–Crippen MR) is 110 cm³/mol. The van der Waals surface area contributed by atoms with E-state index in [1.54, 1.807) is 6.07 Å². The van der Waals surface area contributed by atoms with Crippen LogP contribution in [0, 0.1) is 0 Å². The van der Waals surface area contributed by atoms with Gasteiger partial charge in [0.2, 0.25) is 0 Å². The molecule has 0 aliphatic heterocycles. The molecule has 0 amide bonds. The van der Waals surface area contributed by atoms with Gasteiger partial charge in [0.05, 0.1) is 18.4 Å². The van der Waals surface area contributed by atoms with Crippen molar-refractivity contribution in [2.45, 2.75) is 0 Å². The van der Waals surface area contributed by atoms with E-state index in [-0.39, 0.29) is 5.97 Å². The first-order valence-corrected chi connectivity index (χ1v) is 8.78. The lowest BCUT2D eigenvalue weighted by atomic mass is 10.0. The lowest BCUT2D eigenvalue weighted by molar-refractivity contribution is 0.0602. The van der Waals surface area contributed by atoms with Gasteiger partial charge in [-0.25, -0.2) is 4.79 Å². The number of benzene rings is 4. The molecule has 27 heavy (non-hydrogen) atoms. The van der Waals surface area contributed by atoms with Crippen LogP contribution in [0.1, 0.15) is 10.4 Å². The van der Waals surface area contributed by atoms with Gasteiger partial charge in [0, 0.05) is 5.69 Å². The van der Waals surface area contributed by atoms with Gasteiger partial charge in [0.1, 0.15) is 0 Å². The molecule has 4 rings (SSSR count). The summed E-state index contributed by atoms with van der Waals surface area (Å²) in [5.74, 6) is -0.358. The number of anilines is 2. The Kier molecular flexibility index (Phi) is 4.58. The molecule has 0 bridgehead atoms. The minimum atomic E-state index is -0.358. The molecule has 4 aromatic rings. The summed E-state index contributed by atoms with van der Waals surface area (Å²) in [6.07, 6.45) is 0. The highest BCUT2D eigenvalue weighted by molar-refractivity contribution is 5.96. The van der Waals surface area contributed by atoms with E-state index in [1.165, 1.54) is 17.9 Å². The number of hydrogen-bond donors (Lipinski definition) is 1. The molecule has 3 heteroatoms.